The summed E-state index contributed by atoms with van der Waals surface area (Å²) in [5.74, 6) is 0.146. The molecule has 0 saturated heterocycles. The molecule has 0 atom stereocenters. The van der Waals surface area contributed by atoms with E-state index in [2.05, 4.69) is 30.5 Å². The highest BCUT2D eigenvalue weighted by atomic mass is 32.1. The maximum absolute atomic E-state index is 12.9. The Bertz CT molecular complexity index is 1560. The number of hydrogen-bond acceptors (Lipinski definition) is 8. The van der Waals surface area contributed by atoms with Gasteiger partial charge in [-0.25, -0.2) is 10.1 Å². The third kappa shape index (κ3) is 5.10. The van der Waals surface area contributed by atoms with Gasteiger partial charge < -0.3 is 19.8 Å². The molecule has 0 fully saturated rings. The summed E-state index contributed by atoms with van der Waals surface area (Å²) in [5, 5.41) is 11.5. The van der Waals surface area contributed by atoms with Gasteiger partial charge in [0.15, 0.2) is 0 Å². The molecule has 182 valence electrons. The molecule has 3 heterocycles. The van der Waals surface area contributed by atoms with E-state index in [1.807, 2.05) is 60.8 Å². The molecule has 36 heavy (non-hydrogen) atoms. The first kappa shape index (κ1) is 23.2. The molecule has 11 heteroatoms. The fourth-order valence-corrected chi connectivity index (χ4v) is 4.64. The normalized spacial score (nSPS) is 10.9. The first-order valence-electron chi connectivity index (χ1n) is 11.1. The van der Waals surface area contributed by atoms with Crippen molar-refractivity contribution in [3.8, 4) is 22.9 Å². The number of hydrogen-bond donors (Lipinski definition) is 3. The summed E-state index contributed by atoms with van der Waals surface area (Å²) in [6.07, 6.45) is 1.36. The van der Waals surface area contributed by atoms with Crippen LogP contribution in [-0.2, 0) is 6.54 Å². The Kier molecular flexibility index (Phi) is 6.72. The molecule has 0 saturated carbocycles. The van der Waals surface area contributed by atoms with Crippen LogP contribution in [0.2, 0.25) is 0 Å². The van der Waals surface area contributed by atoms with Crippen molar-refractivity contribution in [2.45, 2.75) is 13.5 Å². The third-order valence-corrected chi connectivity index (χ3v) is 6.30. The molecule has 3 N–H and O–H groups in total. The van der Waals surface area contributed by atoms with Crippen molar-refractivity contribution >= 4 is 27.5 Å². The minimum absolute atomic E-state index is 0.0253. The molecule has 10 nitrogen and oxygen atoms in total. The molecule has 1 amide bonds. The quantitative estimate of drug-likeness (QED) is 0.263. The minimum atomic E-state index is -0.466. The lowest BCUT2D eigenvalue weighted by Gasteiger charge is -2.09. The molecule has 0 bridgehead atoms. The van der Waals surface area contributed by atoms with Crippen LogP contribution in [0.15, 0.2) is 65.0 Å². The number of aromatic nitrogens is 5. The first-order valence-corrected chi connectivity index (χ1v) is 12.0. The summed E-state index contributed by atoms with van der Waals surface area (Å²) in [4.78, 5) is 37.1. The van der Waals surface area contributed by atoms with Crippen LogP contribution < -0.4 is 20.3 Å². The number of nitrogens with one attached hydrogen (secondary N) is 3. The van der Waals surface area contributed by atoms with E-state index in [9.17, 15) is 9.59 Å². The molecule has 0 aliphatic rings. The highest BCUT2D eigenvalue weighted by molar-refractivity contribution is 7.17. The number of aryl methyl sites for hydroxylation is 1. The van der Waals surface area contributed by atoms with E-state index in [1.165, 1.54) is 17.7 Å². The van der Waals surface area contributed by atoms with Gasteiger partial charge in [-0.1, -0.05) is 36.4 Å². The Labute approximate surface area is 209 Å². The molecule has 3 aromatic heterocycles. The van der Waals surface area contributed by atoms with Crippen molar-refractivity contribution in [3.63, 3.8) is 0 Å². The van der Waals surface area contributed by atoms with Gasteiger partial charge in [0.05, 0.1) is 5.39 Å². The summed E-state index contributed by atoms with van der Waals surface area (Å²) in [7, 11) is 0. The average Bonchev–Trinajstić information content (AvgIpc) is 3.56. The van der Waals surface area contributed by atoms with Crippen molar-refractivity contribution < 1.29 is 14.3 Å². The summed E-state index contributed by atoms with van der Waals surface area (Å²) in [6.45, 7) is 2.85. The number of thiophene rings is 1. The number of nitrogens with zero attached hydrogens (tertiary/aromatic N) is 3. The molecule has 0 spiro atoms. The van der Waals surface area contributed by atoms with E-state index in [-0.39, 0.29) is 17.9 Å². The van der Waals surface area contributed by atoms with E-state index in [0.717, 1.165) is 22.3 Å². The Hall–Kier alpha value is -4.51. The lowest BCUT2D eigenvalue weighted by atomic mass is 10.0. The number of aromatic amines is 2. The van der Waals surface area contributed by atoms with Crippen molar-refractivity contribution in [2.24, 2.45) is 0 Å². The molecule has 5 rings (SSSR count). The summed E-state index contributed by atoms with van der Waals surface area (Å²) >= 11 is 1.34. The Morgan fingerprint density at radius 3 is 2.78 bits per heavy atom. The predicted octanol–water partition coefficient (Wildman–Crippen LogP) is 3.47. The monoisotopic (exact) mass is 502 g/mol. The second kappa shape index (κ2) is 10.4. The number of fused-ring (bicyclic) bond motifs is 1. The highest BCUT2D eigenvalue weighted by Crippen LogP contribution is 2.32. The molecule has 0 radical (unpaired) electrons. The van der Waals surface area contributed by atoms with Crippen LogP contribution in [-0.4, -0.2) is 44.3 Å². The fourth-order valence-electron chi connectivity index (χ4n) is 3.70. The highest BCUT2D eigenvalue weighted by Gasteiger charge is 2.17. The number of carbonyl (C=O) groups is 1. The summed E-state index contributed by atoms with van der Waals surface area (Å²) < 4.78 is 11.0. The smallest absolute Gasteiger partial charge is 0.312 e. The molecule has 0 aliphatic heterocycles. The zero-order valence-electron chi connectivity index (χ0n) is 19.3. The van der Waals surface area contributed by atoms with Crippen molar-refractivity contribution in [1.29, 1.82) is 0 Å². The number of carbonyl (C=O) groups excluding carboxylic acids is 1. The number of ether oxygens (including phenoxy) is 2. The van der Waals surface area contributed by atoms with Crippen LogP contribution in [0.4, 0.5) is 0 Å². The molecule has 0 unspecified atom stereocenters. The van der Waals surface area contributed by atoms with Gasteiger partial charge in [0.1, 0.15) is 30.1 Å². The van der Waals surface area contributed by atoms with Crippen LogP contribution in [0.1, 0.15) is 21.7 Å². The van der Waals surface area contributed by atoms with E-state index in [1.54, 1.807) is 0 Å². The van der Waals surface area contributed by atoms with Gasteiger partial charge in [-0.2, -0.15) is 10.1 Å². The predicted molar refractivity (Wildman–Crippen MR) is 135 cm³/mol. The SMILES string of the molecule is Cc1ccccc1-c1csc2nc(C(=O)NCc3cccc(OCCOc4ncn[nH]4)c3)[nH]c(=O)c12. The summed E-state index contributed by atoms with van der Waals surface area (Å²) in [6, 6.07) is 15.5. The topological polar surface area (TPSA) is 135 Å². The Morgan fingerprint density at radius 2 is 1.94 bits per heavy atom. The Balaban J connectivity index is 1.23. The minimum Gasteiger partial charge on any atom is -0.490 e. The second-order valence-corrected chi connectivity index (χ2v) is 8.73. The fraction of sp³-hybridized carbons (Fsp3) is 0.160. The van der Waals surface area contributed by atoms with Crippen LogP contribution in [0.3, 0.4) is 0 Å². The largest absolute Gasteiger partial charge is 0.490 e. The van der Waals surface area contributed by atoms with Gasteiger partial charge >= 0.3 is 6.01 Å². The first-order chi connectivity index (χ1) is 17.6. The van der Waals surface area contributed by atoms with Crippen molar-refractivity contribution in [3.05, 3.63) is 87.5 Å². The van der Waals surface area contributed by atoms with E-state index >= 15 is 0 Å². The maximum Gasteiger partial charge on any atom is 0.312 e. The van der Waals surface area contributed by atoms with Crippen molar-refractivity contribution in [1.82, 2.24) is 30.5 Å². The van der Waals surface area contributed by atoms with Gasteiger partial charge in [0.2, 0.25) is 5.82 Å². The number of rotatable bonds is 9. The zero-order chi connectivity index (χ0) is 24.9. The van der Waals surface area contributed by atoms with Crippen LogP contribution in [0.5, 0.6) is 11.8 Å². The van der Waals surface area contributed by atoms with Crippen LogP contribution in [0, 0.1) is 6.92 Å². The molecule has 2 aromatic carbocycles. The molecule has 5 aromatic rings. The van der Waals surface area contributed by atoms with Crippen LogP contribution in [0.25, 0.3) is 21.3 Å². The third-order valence-electron chi connectivity index (χ3n) is 5.43. The van der Waals surface area contributed by atoms with Gasteiger partial charge in [-0.05, 0) is 35.7 Å². The van der Waals surface area contributed by atoms with Gasteiger partial charge in [0, 0.05) is 17.5 Å². The average molecular weight is 503 g/mol. The number of H-pyrrole nitrogens is 2. The second-order valence-electron chi connectivity index (χ2n) is 7.88. The van der Waals surface area contributed by atoms with Gasteiger partial charge in [-0.15, -0.1) is 11.3 Å². The van der Waals surface area contributed by atoms with Gasteiger partial charge in [-0.3, -0.25) is 9.59 Å². The lowest BCUT2D eigenvalue weighted by Crippen LogP contribution is -2.27. The van der Waals surface area contributed by atoms with E-state index < -0.39 is 5.91 Å². The molecular weight excluding hydrogens is 480 g/mol. The molecular formula is C25H22N6O4S. The van der Waals surface area contributed by atoms with Gasteiger partial charge in [0.25, 0.3) is 11.5 Å². The number of benzene rings is 2. The van der Waals surface area contributed by atoms with E-state index in [0.29, 0.717) is 35.2 Å². The van der Waals surface area contributed by atoms with Crippen molar-refractivity contribution in [2.75, 3.05) is 13.2 Å². The Morgan fingerprint density at radius 1 is 1.08 bits per heavy atom. The van der Waals surface area contributed by atoms with Crippen LogP contribution >= 0.6 is 11.3 Å². The molecule has 0 aliphatic carbocycles. The number of amides is 1. The van der Waals surface area contributed by atoms with E-state index in [4.69, 9.17) is 9.47 Å². The zero-order valence-corrected chi connectivity index (χ0v) is 20.1. The lowest BCUT2D eigenvalue weighted by molar-refractivity contribution is 0.0940. The summed E-state index contributed by atoms with van der Waals surface area (Å²) in [5.41, 5.74) is 3.34. The standard InChI is InChI=1S/C25H22N6O4S/c1-15-5-2-3-8-18(15)19-13-36-24-20(19)22(32)29-21(30-24)23(33)26-12-16-6-4-7-17(11-16)34-9-10-35-25-27-14-28-31-25/h2-8,11,13-14H,9-10,12H2,1H3,(H,26,33)(H,27,28,31)(H,29,30,32). The maximum atomic E-state index is 12.9.